The van der Waals surface area contributed by atoms with Crippen molar-refractivity contribution in [2.75, 3.05) is 13.7 Å². The van der Waals surface area contributed by atoms with Crippen molar-refractivity contribution in [3.05, 3.63) is 39.5 Å². The highest BCUT2D eigenvalue weighted by molar-refractivity contribution is 9.10. The Morgan fingerprint density at radius 3 is 2.75 bits per heavy atom. The van der Waals surface area contributed by atoms with Gasteiger partial charge in [-0.3, -0.25) is 0 Å². The Hall–Kier alpha value is -1.75. The Morgan fingerprint density at radius 2 is 2.08 bits per heavy atom. The molecule has 3 rings (SSSR count). The van der Waals surface area contributed by atoms with E-state index in [9.17, 15) is 4.79 Å². The van der Waals surface area contributed by atoms with Gasteiger partial charge in [0, 0.05) is 12.1 Å². The number of hydrogen-bond acceptors (Lipinski definition) is 3. The smallest absolute Gasteiger partial charge is 0.354 e. The normalized spacial score (nSPS) is 12.5. The van der Waals surface area contributed by atoms with Crippen LogP contribution in [0, 0.1) is 0 Å². The first kappa shape index (κ1) is 17.1. The van der Waals surface area contributed by atoms with Crippen LogP contribution in [0.1, 0.15) is 41.9 Å². The highest BCUT2D eigenvalue weighted by Gasteiger charge is 2.27. The Bertz CT molecular complexity index is 779. The fourth-order valence-corrected chi connectivity index (χ4v) is 3.91. The summed E-state index contributed by atoms with van der Waals surface area (Å²) >= 11 is 3.59. The van der Waals surface area contributed by atoms with E-state index in [0.29, 0.717) is 12.3 Å². The molecule has 0 N–H and O–H groups in total. The van der Waals surface area contributed by atoms with Crippen LogP contribution in [-0.4, -0.2) is 24.3 Å². The third kappa shape index (κ3) is 2.86. The Morgan fingerprint density at radius 1 is 1.29 bits per heavy atom. The highest BCUT2D eigenvalue weighted by Crippen LogP contribution is 2.40. The first-order valence-electron chi connectivity index (χ1n) is 8.37. The summed E-state index contributed by atoms with van der Waals surface area (Å²) in [5.41, 5.74) is 5.44. The largest absolute Gasteiger partial charge is 0.496 e. The number of aryl methyl sites for hydroxylation is 2. The lowest BCUT2D eigenvalue weighted by Crippen LogP contribution is -2.17. The van der Waals surface area contributed by atoms with Gasteiger partial charge < -0.3 is 14.0 Å². The molecule has 0 radical (unpaired) electrons. The Labute approximate surface area is 150 Å². The molecule has 128 valence electrons. The molecule has 0 atom stereocenters. The van der Waals surface area contributed by atoms with Gasteiger partial charge in [-0.15, -0.1) is 0 Å². The summed E-state index contributed by atoms with van der Waals surface area (Å²) in [7, 11) is 1.68. The van der Waals surface area contributed by atoms with E-state index in [-0.39, 0.29) is 5.97 Å². The Balaban J connectivity index is 2.18. The quantitative estimate of drug-likeness (QED) is 0.698. The maximum Gasteiger partial charge on any atom is 0.354 e. The maximum atomic E-state index is 12.3. The van der Waals surface area contributed by atoms with Gasteiger partial charge in [0.15, 0.2) is 0 Å². The topological polar surface area (TPSA) is 40.5 Å². The van der Waals surface area contributed by atoms with Crippen molar-refractivity contribution in [1.29, 1.82) is 0 Å². The van der Waals surface area contributed by atoms with Crippen molar-refractivity contribution in [2.24, 2.45) is 0 Å². The second-order valence-corrected chi connectivity index (χ2v) is 6.77. The molecule has 5 heteroatoms. The van der Waals surface area contributed by atoms with Gasteiger partial charge in [0.2, 0.25) is 0 Å². The number of hydrogen-bond donors (Lipinski definition) is 0. The number of ether oxygens (including phenoxy) is 2. The number of benzene rings is 1. The van der Waals surface area contributed by atoms with Gasteiger partial charge in [-0.1, -0.05) is 13.3 Å². The zero-order valence-corrected chi connectivity index (χ0v) is 15.9. The molecule has 0 spiro atoms. The van der Waals surface area contributed by atoms with Gasteiger partial charge in [0.05, 0.1) is 23.9 Å². The average Bonchev–Trinajstić information content (AvgIpc) is 2.94. The molecule has 0 bridgehead atoms. The van der Waals surface area contributed by atoms with E-state index in [0.717, 1.165) is 41.7 Å². The van der Waals surface area contributed by atoms with Crippen molar-refractivity contribution < 1.29 is 14.3 Å². The minimum Gasteiger partial charge on any atom is -0.496 e. The number of carbonyl (C=O) groups is 1. The highest BCUT2D eigenvalue weighted by atomic mass is 79.9. The lowest BCUT2D eigenvalue weighted by atomic mass is 9.95. The van der Waals surface area contributed by atoms with E-state index >= 15 is 0 Å². The molecule has 1 aliphatic heterocycles. The first-order valence-corrected chi connectivity index (χ1v) is 9.16. The van der Waals surface area contributed by atoms with Crippen LogP contribution in [0.4, 0.5) is 0 Å². The summed E-state index contributed by atoms with van der Waals surface area (Å²) in [6, 6.07) is 6.20. The zero-order valence-electron chi connectivity index (χ0n) is 14.3. The first-order chi connectivity index (χ1) is 11.6. The monoisotopic (exact) mass is 391 g/mol. The molecule has 24 heavy (non-hydrogen) atoms. The van der Waals surface area contributed by atoms with Crippen LogP contribution in [0.2, 0.25) is 0 Å². The third-order valence-electron chi connectivity index (χ3n) is 4.42. The second-order valence-electron chi connectivity index (χ2n) is 5.92. The molecule has 0 fully saturated rings. The Kier molecular flexibility index (Phi) is 4.99. The minimum atomic E-state index is -0.239. The van der Waals surface area contributed by atoms with E-state index < -0.39 is 0 Å². The van der Waals surface area contributed by atoms with Crippen molar-refractivity contribution in [3.63, 3.8) is 0 Å². The van der Waals surface area contributed by atoms with Crippen molar-refractivity contribution in [2.45, 2.75) is 39.7 Å². The fraction of sp³-hybridized carbons (Fsp3) is 0.421. The summed E-state index contributed by atoms with van der Waals surface area (Å²) in [6.07, 6.45) is 2.85. The molecule has 1 aliphatic rings. The maximum absolute atomic E-state index is 12.3. The van der Waals surface area contributed by atoms with Crippen LogP contribution >= 0.6 is 15.9 Å². The van der Waals surface area contributed by atoms with Crippen LogP contribution in [0.25, 0.3) is 11.3 Å². The van der Waals surface area contributed by atoms with Gasteiger partial charge in [-0.25, -0.2) is 4.79 Å². The van der Waals surface area contributed by atoms with Crippen molar-refractivity contribution >= 4 is 21.9 Å². The summed E-state index contributed by atoms with van der Waals surface area (Å²) in [4.78, 5) is 12.3. The standard InChI is InChI=1S/C19H22BrNO3/c1-4-6-13-9-16(19(22)24-5-2)21-8-7-12-10-17(23-3)15(20)11-14(12)18(13)21/h9-11H,4-8H2,1-3H3. The van der Waals surface area contributed by atoms with E-state index in [1.165, 1.54) is 16.7 Å². The van der Waals surface area contributed by atoms with Crippen LogP contribution in [0.5, 0.6) is 5.75 Å². The van der Waals surface area contributed by atoms with E-state index in [2.05, 4.69) is 39.6 Å². The molecule has 4 nitrogen and oxygen atoms in total. The number of methoxy groups -OCH3 is 1. The number of carbonyl (C=O) groups excluding carboxylic acids is 1. The van der Waals surface area contributed by atoms with Gasteiger partial charge in [0.25, 0.3) is 0 Å². The van der Waals surface area contributed by atoms with Crippen molar-refractivity contribution in [1.82, 2.24) is 4.57 Å². The van der Waals surface area contributed by atoms with Crippen LogP contribution in [-0.2, 0) is 24.1 Å². The molecular weight excluding hydrogens is 370 g/mol. The molecule has 0 saturated carbocycles. The number of fused-ring (bicyclic) bond motifs is 3. The number of nitrogens with zero attached hydrogens (tertiary/aromatic N) is 1. The zero-order chi connectivity index (χ0) is 17.3. The molecule has 0 aliphatic carbocycles. The molecule has 2 aromatic rings. The van der Waals surface area contributed by atoms with Crippen LogP contribution in [0.15, 0.2) is 22.7 Å². The number of esters is 1. The van der Waals surface area contributed by atoms with E-state index in [4.69, 9.17) is 9.47 Å². The van der Waals surface area contributed by atoms with E-state index in [1.54, 1.807) is 7.11 Å². The molecule has 0 saturated heterocycles. The SMILES string of the molecule is CCCc1cc(C(=O)OCC)n2c1-c1cc(Br)c(OC)cc1CC2. The summed E-state index contributed by atoms with van der Waals surface area (Å²) in [5, 5.41) is 0. The average molecular weight is 392 g/mol. The van der Waals surface area contributed by atoms with Crippen LogP contribution < -0.4 is 4.74 Å². The van der Waals surface area contributed by atoms with Gasteiger partial charge in [-0.05, 0) is 65.0 Å². The number of rotatable bonds is 5. The van der Waals surface area contributed by atoms with Gasteiger partial charge in [0.1, 0.15) is 11.4 Å². The molecule has 0 unspecified atom stereocenters. The van der Waals surface area contributed by atoms with Crippen LogP contribution in [0.3, 0.4) is 0 Å². The number of halogens is 1. The second kappa shape index (κ2) is 7.01. The predicted octanol–water partition coefficient (Wildman–Crippen LogP) is 4.61. The lowest BCUT2D eigenvalue weighted by molar-refractivity contribution is 0.0514. The summed E-state index contributed by atoms with van der Waals surface area (Å²) in [5.74, 6) is 0.605. The van der Waals surface area contributed by atoms with Crippen molar-refractivity contribution in [3.8, 4) is 17.0 Å². The van der Waals surface area contributed by atoms with E-state index in [1.807, 2.05) is 13.0 Å². The van der Waals surface area contributed by atoms with Gasteiger partial charge in [-0.2, -0.15) is 0 Å². The lowest BCUT2D eigenvalue weighted by Gasteiger charge is -2.23. The van der Waals surface area contributed by atoms with Gasteiger partial charge >= 0.3 is 5.97 Å². The minimum absolute atomic E-state index is 0.239. The summed E-state index contributed by atoms with van der Waals surface area (Å²) in [6.45, 7) is 5.16. The third-order valence-corrected chi connectivity index (χ3v) is 5.04. The summed E-state index contributed by atoms with van der Waals surface area (Å²) < 4.78 is 13.7. The number of aromatic nitrogens is 1. The molecule has 1 aromatic carbocycles. The molecule has 1 aromatic heterocycles. The fourth-order valence-electron chi connectivity index (χ4n) is 3.40. The molecule has 2 heterocycles. The predicted molar refractivity (Wildman–Crippen MR) is 97.8 cm³/mol. The molecule has 0 amide bonds. The molecular formula is C19H22BrNO3.